The van der Waals surface area contributed by atoms with Gasteiger partial charge >= 0.3 is 0 Å². The number of amides is 1. The molecular formula is C12H15NO2. The minimum absolute atomic E-state index is 0.140. The molecule has 0 unspecified atom stereocenters. The van der Waals surface area contributed by atoms with E-state index in [9.17, 15) is 4.79 Å². The largest absolute Gasteiger partial charge is 0.481 e. The van der Waals surface area contributed by atoms with Crippen LogP contribution in [0.5, 0.6) is 5.75 Å². The van der Waals surface area contributed by atoms with Crippen LogP contribution in [0.25, 0.3) is 0 Å². The van der Waals surface area contributed by atoms with Crippen molar-refractivity contribution in [1.82, 2.24) is 5.32 Å². The van der Waals surface area contributed by atoms with E-state index in [-0.39, 0.29) is 5.91 Å². The van der Waals surface area contributed by atoms with Gasteiger partial charge in [-0.25, -0.2) is 0 Å². The zero-order valence-corrected chi connectivity index (χ0v) is 8.77. The number of benzene rings is 1. The van der Waals surface area contributed by atoms with E-state index >= 15 is 0 Å². The van der Waals surface area contributed by atoms with Crippen molar-refractivity contribution in [3.8, 4) is 5.75 Å². The number of carbonyl (C=O) groups excluding carboxylic acids is 1. The summed E-state index contributed by atoms with van der Waals surface area (Å²) in [5.41, 5.74) is 0. The molecule has 1 rings (SSSR count). The highest BCUT2D eigenvalue weighted by molar-refractivity contribution is 5.80. The van der Waals surface area contributed by atoms with Crippen LogP contribution in [0.4, 0.5) is 0 Å². The molecule has 0 aliphatic heterocycles. The quantitative estimate of drug-likeness (QED) is 0.744. The van der Waals surface area contributed by atoms with Crippen molar-refractivity contribution in [3.63, 3.8) is 0 Å². The molecule has 15 heavy (non-hydrogen) atoms. The molecule has 0 aliphatic carbocycles. The van der Waals surface area contributed by atoms with Crippen LogP contribution in [0.3, 0.4) is 0 Å². The third-order valence-electron chi connectivity index (χ3n) is 1.85. The highest BCUT2D eigenvalue weighted by atomic mass is 16.5. The van der Waals surface area contributed by atoms with Crippen molar-refractivity contribution in [3.05, 3.63) is 43.0 Å². The number of nitrogens with one attached hydrogen (secondary N) is 1. The highest BCUT2D eigenvalue weighted by Crippen LogP contribution is 2.10. The summed E-state index contributed by atoms with van der Waals surface area (Å²) in [4.78, 5) is 11.4. The Morgan fingerprint density at radius 1 is 1.53 bits per heavy atom. The molecule has 3 nitrogen and oxygen atoms in total. The van der Waals surface area contributed by atoms with Gasteiger partial charge in [0.15, 0.2) is 6.10 Å². The van der Waals surface area contributed by atoms with E-state index in [0.29, 0.717) is 12.3 Å². The molecule has 0 saturated carbocycles. The van der Waals surface area contributed by atoms with Crippen molar-refractivity contribution in [1.29, 1.82) is 0 Å². The Labute approximate surface area is 89.8 Å². The average Bonchev–Trinajstić information content (AvgIpc) is 2.27. The molecule has 0 spiro atoms. The molecule has 0 aromatic heterocycles. The summed E-state index contributed by atoms with van der Waals surface area (Å²) in [7, 11) is 0. The second-order valence-corrected chi connectivity index (χ2v) is 3.11. The summed E-state index contributed by atoms with van der Waals surface area (Å²) in [5, 5.41) is 2.67. The number of hydrogen-bond acceptors (Lipinski definition) is 2. The lowest BCUT2D eigenvalue weighted by atomic mass is 10.3. The van der Waals surface area contributed by atoms with Crippen LogP contribution < -0.4 is 10.1 Å². The molecule has 0 saturated heterocycles. The summed E-state index contributed by atoms with van der Waals surface area (Å²) >= 11 is 0. The number of para-hydroxylation sites is 1. The molecular weight excluding hydrogens is 190 g/mol. The summed E-state index contributed by atoms with van der Waals surface area (Å²) in [5.74, 6) is 0.553. The van der Waals surface area contributed by atoms with Crippen LogP contribution in [0, 0.1) is 0 Å². The lowest BCUT2D eigenvalue weighted by Gasteiger charge is -2.13. The predicted octanol–water partition coefficient (Wildman–Crippen LogP) is 1.76. The molecule has 0 heterocycles. The number of rotatable bonds is 5. The number of carbonyl (C=O) groups is 1. The number of ether oxygens (including phenoxy) is 1. The first kappa shape index (κ1) is 11.3. The first-order valence-electron chi connectivity index (χ1n) is 4.84. The third kappa shape index (κ3) is 3.85. The van der Waals surface area contributed by atoms with E-state index in [1.54, 1.807) is 13.0 Å². The Hall–Kier alpha value is -1.77. The lowest BCUT2D eigenvalue weighted by molar-refractivity contribution is -0.127. The van der Waals surface area contributed by atoms with E-state index in [1.165, 1.54) is 0 Å². The first-order chi connectivity index (χ1) is 7.24. The van der Waals surface area contributed by atoms with Gasteiger partial charge in [0, 0.05) is 6.54 Å². The van der Waals surface area contributed by atoms with Crippen LogP contribution in [-0.4, -0.2) is 18.6 Å². The molecule has 80 valence electrons. The molecule has 1 N–H and O–H groups in total. The SMILES string of the molecule is C=CCNC(=O)[C@H](C)Oc1ccccc1. The fraction of sp³-hybridized carbons (Fsp3) is 0.250. The second kappa shape index (κ2) is 5.86. The van der Waals surface area contributed by atoms with Gasteiger partial charge in [0.2, 0.25) is 0 Å². The van der Waals surface area contributed by atoms with Crippen LogP contribution >= 0.6 is 0 Å². The van der Waals surface area contributed by atoms with Gasteiger partial charge in [0.25, 0.3) is 5.91 Å². The third-order valence-corrected chi connectivity index (χ3v) is 1.85. The van der Waals surface area contributed by atoms with Crippen molar-refractivity contribution >= 4 is 5.91 Å². The highest BCUT2D eigenvalue weighted by Gasteiger charge is 2.12. The lowest BCUT2D eigenvalue weighted by Crippen LogP contribution is -2.36. The fourth-order valence-electron chi connectivity index (χ4n) is 1.07. The summed E-state index contributed by atoms with van der Waals surface area (Å²) in [6.07, 6.45) is 1.14. The minimum Gasteiger partial charge on any atom is -0.481 e. The molecule has 0 aliphatic rings. The Bertz CT molecular complexity index is 322. The fourth-order valence-corrected chi connectivity index (χ4v) is 1.07. The van der Waals surface area contributed by atoms with Crippen LogP contribution in [-0.2, 0) is 4.79 Å². The van der Waals surface area contributed by atoms with E-state index < -0.39 is 6.10 Å². The smallest absolute Gasteiger partial charge is 0.261 e. The molecule has 0 bridgehead atoms. The van der Waals surface area contributed by atoms with Crippen molar-refractivity contribution in [2.75, 3.05) is 6.54 Å². The molecule has 0 radical (unpaired) electrons. The first-order valence-corrected chi connectivity index (χ1v) is 4.84. The van der Waals surface area contributed by atoms with E-state index in [4.69, 9.17) is 4.74 Å². The van der Waals surface area contributed by atoms with Gasteiger partial charge < -0.3 is 10.1 Å². The summed E-state index contributed by atoms with van der Waals surface area (Å²) in [6, 6.07) is 9.26. The predicted molar refractivity (Wildman–Crippen MR) is 59.7 cm³/mol. The van der Waals surface area contributed by atoms with E-state index in [1.807, 2.05) is 30.3 Å². The Kier molecular flexibility index (Phi) is 4.41. The summed E-state index contributed by atoms with van der Waals surface area (Å²) < 4.78 is 5.43. The van der Waals surface area contributed by atoms with E-state index in [0.717, 1.165) is 0 Å². The topological polar surface area (TPSA) is 38.3 Å². The molecule has 1 aromatic rings. The molecule has 3 heteroatoms. The molecule has 1 atom stereocenters. The average molecular weight is 205 g/mol. The van der Waals surface area contributed by atoms with Crippen molar-refractivity contribution < 1.29 is 9.53 Å². The maximum absolute atomic E-state index is 11.4. The van der Waals surface area contributed by atoms with Gasteiger partial charge in [-0.1, -0.05) is 24.3 Å². The normalized spacial score (nSPS) is 11.5. The molecule has 1 aromatic carbocycles. The standard InChI is InChI=1S/C12H15NO2/c1-3-9-13-12(14)10(2)15-11-7-5-4-6-8-11/h3-8,10H,1,9H2,2H3,(H,13,14)/t10-/m0/s1. The summed E-state index contributed by atoms with van der Waals surface area (Å²) in [6.45, 7) is 5.69. The Balaban J connectivity index is 2.45. The van der Waals surface area contributed by atoms with E-state index in [2.05, 4.69) is 11.9 Å². The zero-order valence-electron chi connectivity index (χ0n) is 8.77. The van der Waals surface area contributed by atoms with Gasteiger partial charge in [0.1, 0.15) is 5.75 Å². The minimum atomic E-state index is -0.493. The van der Waals surface area contributed by atoms with Gasteiger partial charge in [-0.2, -0.15) is 0 Å². The van der Waals surface area contributed by atoms with Crippen LogP contribution in [0.15, 0.2) is 43.0 Å². The van der Waals surface area contributed by atoms with Crippen molar-refractivity contribution in [2.24, 2.45) is 0 Å². The van der Waals surface area contributed by atoms with Crippen LogP contribution in [0.1, 0.15) is 6.92 Å². The van der Waals surface area contributed by atoms with Crippen molar-refractivity contribution in [2.45, 2.75) is 13.0 Å². The van der Waals surface area contributed by atoms with Gasteiger partial charge in [-0.3, -0.25) is 4.79 Å². The Morgan fingerprint density at radius 3 is 2.80 bits per heavy atom. The maximum atomic E-state index is 11.4. The van der Waals surface area contributed by atoms with Gasteiger partial charge in [-0.05, 0) is 19.1 Å². The number of hydrogen-bond donors (Lipinski definition) is 1. The zero-order chi connectivity index (χ0) is 11.1. The van der Waals surface area contributed by atoms with Crippen LogP contribution in [0.2, 0.25) is 0 Å². The van der Waals surface area contributed by atoms with Gasteiger partial charge in [-0.15, -0.1) is 6.58 Å². The monoisotopic (exact) mass is 205 g/mol. The second-order valence-electron chi connectivity index (χ2n) is 3.11. The van der Waals surface area contributed by atoms with Gasteiger partial charge in [0.05, 0.1) is 0 Å². The maximum Gasteiger partial charge on any atom is 0.261 e. The Morgan fingerprint density at radius 2 is 2.20 bits per heavy atom. The molecule has 1 amide bonds. The molecule has 0 fully saturated rings.